The Balaban J connectivity index is 1.15. The molecular formula is C29H26FN3O6S2. The predicted octanol–water partition coefficient (Wildman–Crippen LogP) is 2.72. The molecule has 2 aromatic carbocycles. The molecular weight excluding hydrogens is 569 g/mol. The van der Waals surface area contributed by atoms with Crippen molar-refractivity contribution in [3.8, 4) is 0 Å². The standard InChI is InChI=1S/C29H26FN3O6S2/c1-40(36,37)10-12-4-7-14-15(8-12)41(38,39)32-28(31-14)25-27(34)24-22-18-16-17-19(22)21(17)23(20(16)18)26(24)33(29(25)35)9-11-2-5-13(30)6-3-11/h2-8,16-24,26,34H,9-10H2,1H3,(H,31,32)/t16?,17?,18?,19?,20?,21?,22?,23?,24-,26+/m0/s1. The van der Waals surface area contributed by atoms with Gasteiger partial charge in [0.05, 0.1) is 11.4 Å². The Morgan fingerprint density at radius 3 is 2.22 bits per heavy atom. The summed E-state index contributed by atoms with van der Waals surface area (Å²) >= 11 is 0. The number of carbonyl (C=O) groups is 1. The Bertz CT molecular complexity index is 1870. The zero-order chi connectivity index (χ0) is 28.3. The number of amidine groups is 1. The van der Waals surface area contributed by atoms with Crippen molar-refractivity contribution in [2.24, 2.45) is 57.7 Å². The fourth-order valence-electron chi connectivity index (χ4n) is 9.95. The lowest BCUT2D eigenvalue weighted by Gasteiger charge is -2.54. The van der Waals surface area contributed by atoms with Gasteiger partial charge in [0.2, 0.25) is 0 Å². The van der Waals surface area contributed by atoms with Gasteiger partial charge in [-0.15, -0.1) is 4.40 Å². The van der Waals surface area contributed by atoms with Gasteiger partial charge >= 0.3 is 0 Å². The van der Waals surface area contributed by atoms with Gasteiger partial charge in [-0.1, -0.05) is 18.2 Å². The summed E-state index contributed by atoms with van der Waals surface area (Å²) in [6.45, 7) is 0.218. The second kappa shape index (κ2) is 7.38. The number of halogens is 1. The van der Waals surface area contributed by atoms with E-state index in [0.717, 1.165) is 11.8 Å². The zero-order valence-electron chi connectivity index (χ0n) is 21.8. The summed E-state index contributed by atoms with van der Waals surface area (Å²) in [5.74, 6) is 2.46. The molecule has 0 radical (unpaired) electrons. The van der Waals surface area contributed by atoms with Crippen molar-refractivity contribution in [1.82, 2.24) is 4.90 Å². The van der Waals surface area contributed by atoms with Crippen LogP contribution in [0.15, 0.2) is 63.1 Å². The van der Waals surface area contributed by atoms with E-state index in [0.29, 0.717) is 47.0 Å². The number of aliphatic hydroxyl groups is 1. The lowest BCUT2D eigenvalue weighted by atomic mass is 9.59. The monoisotopic (exact) mass is 595 g/mol. The van der Waals surface area contributed by atoms with Gasteiger partial charge in [0, 0.05) is 24.8 Å². The first kappa shape index (κ1) is 24.4. The fourth-order valence-corrected chi connectivity index (χ4v) is 11.9. The average Bonchev–Trinajstić information content (AvgIpc) is 3.75. The van der Waals surface area contributed by atoms with Crippen LogP contribution >= 0.6 is 0 Å². The number of nitrogens with zero attached hydrogens (tertiary/aromatic N) is 2. The number of rotatable bonds is 5. The molecule has 2 heterocycles. The summed E-state index contributed by atoms with van der Waals surface area (Å²) in [6.07, 6.45) is 1.07. The molecule has 8 aliphatic rings. The van der Waals surface area contributed by atoms with E-state index in [9.17, 15) is 31.1 Å². The van der Waals surface area contributed by atoms with Crippen LogP contribution in [0, 0.1) is 59.1 Å². The lowest BCUT2D eigenvalue weighted by Crippen LogP contribution is -2.61. The molecule has 10 rings (SSSR count). The first-order valence-corrected chi connectivity index (χ1v) is 17.4. The molecule has 0 spiro atoms. The Morgan fingerprint density at radius 1 is 0.951 bits per heavy atom. The van der Waals surface area contributed by atoms with Gasteiger partial charge < -0.3 is 15.3 Å². The Labute approximate surface area is 236 Å². The third-order valence-corrected chi connectivity index (χ3v) is 13.1. The summed E-state index contributed by atoms with van der Waals surface area (Å²) in [7, 11) is -7.71. The third kappa shape index (κ3) is 3.09. The molecule has 6 saturated carbocycles. The molecule has 6 unspecified atom stereocenters. The number of sulfone groups is 1. The van der Waals surface area contributed by atoms with Gasteiger partial charge in [-0.05, 0) is 82.7 Å². The summed E-state index contributed by atoms with van der Waals surface area (Å²) in [6, 6.07) is 10.1. The molecule has 2 bridgehead atoms. The van der Waals surface area contributed by atoms with Crippen molar-refractivity contribution in [1.29, 1.82) is 0 Å². The summed E-state index contributed by atoms with van der Waals surface area (Å²) in [5.41, 5.74) is 1.08. The quantitative estimate of drug-likeness (QED) is 0.543. The molecule has 2 aromatic rings. The Morgan fingerprint density at radius 2 is 1.56 bits per heavy atom. The van der Waals surface area contributed by atoms with E-state index < -0.39 is 25.8 Å². The van der Waals surface area contributed by atoms with E-state index in [4.69, 9.17) is 0 Å². The van der Waals surface area contributed by atoms with Crippen LogP contribution in [-0.4, -0.2) is 50.9 Å². The number of anilines is 1. The van der Waals surface area contributed by atoms with Gasteiger partial charge in [0.15, 0.2) is 15.7 Å². The molecule has 41 heavy (non-hydrogen) atoms. The molecule has 9 nitrogen and oxygen atoms in total. The lowest BCUT2D eigenvalue weighted by molar-refractivity contribution is -0.141. The molecule has 1 amide bonds. The minimum atomic E-state index is -4.31. The highest BCUT2D eigenvalue weighted by molar-refractivity contribution is 7.90. The van der Waals surface area contributed by atoms with Crippen molar-refractivity contribution in [3.05, 3.63) is 70.7 Å². The molecule has 12 heteroatoms. The van der Waals surface area contributed by atoms with Crippen LogP contribution in [0.1, 0.15) is 11.1 Å². The van der Waals surface area contributed by atoms with Gasteiger partial charge in [-0.25, -0.2) is 12.8 Å². The number of hydrogen-bond donors (Lipinski definition) is 2. The van der Waals surface area contributed by atoms with Crippen molar-refractivity contribution < 1.29 is 31.1 Å². The number of hydrogen-bond acceptors (Lipinski definition) is 7. The largest absolute Gasteiger partial charge is 0.511 e. The zero-order valence-corrected chi connectivity index (χ0v) is 23.4. The van der Waals surface area contributed by atoms with E-state index >= 15 is 0 Å². The number of carbonyl (C=O) groups excluding carboxylic acids is 1. The number of fused-ring (bicyclic) bond motifs is 1. The SMILES string of the molecule is CS(=O)(=O)Cc1ccc2c(c1)S(=O)(=O)N=C(C1=C(O)[C@H]3C4C5C6C7C(C74)C(C65)[C@H]3N(Cc3ccc(F)cc3)C1=O)N2. The second-order valence-electron chi connectivity index (χ2n) is 12.9. The summed E-state index contributed by atoms with van der Waals surface area (Å²) in [5, 5.41) is 14.8. The van der Waals surface area contributed by atoms with Crippen molar-refractivity contribution in [3.63, 3.8) is 0 Å². The molecule has 6 fully saturated rings. The summed E-state index contributed by atoms with van der Waals surface area (Å²) in [4.78, 5) is 15.9. The number of amides is 1. The molecule has 2 aliphatic heterocycles. The summed E-state index contributed by atoms with van der Waals surface area (Å²) < 4.78 is 67.9. The minimum absolute atomic E-state index is 0.0842. The van der Waals surface area contributed by atoms with Crippen LogP contribution in [0.3, 0.4) is 0 Å². The highest BCUT2D eigenvalue weighted by Crippen LogP contribution is 2.93. The maximum atomic E-state index is 14.3. The van der Waals surface area contributed by atoms with Gasteiger partial charge in [0.1, 0.15) is 22.0 Å². The minimum Gasteiger partial charge on any atom is -0.511 e. The van der Waals surface area contributed by atoms with Crippen LogP contribution in [0.4, 0.5) is 10.1 Å². The maximum Gasteiger partial charge on any atom is 0.286 e. The third-order valence-electron chi connectivity index (χ3n) is 10.9. The van der Waals surface area contributed by atoms with Crippen molar-refractivity contribution in [2.45, 2.75) is 23.2 Å². The smallest absolute Gasteiger partial charge is 0.286 e. The van der Waals surface area contributed by atoms with E-state index in [-0.39, 0.29) is 63.7 Å². The van der Waals surface area contributed by atoms with Gasteiger partial charge in [0.25, 0.3) is 15.9 Å². The maximum absolute atomic E-state index is 14.3. The molecule has 212 valence electrons. The van der Waals surface area contributed by atoms with Crippen LogP contribution < -0.4 is 5.32 Å². The normalized spacial score (nSPS) is 39.6. The first-order chi connectivity index (χ1) is 19.4. The van der Waals surface area contributed by atoms with E-state index in [1.807, 2.05) is 0 Å². The van der Waals surface area contributed by atoms with E-state index in [1.165, 1.54) is 30.3 Å². The Hall–Kier alpha value is -3.25. The molecule has 0 aromatic heterocycles. The van der Waals surface area contributed by atoms with Crippen LogP contribution in [0.2, 0.25) is 0 Å². The molecule has 8 atom stereocenters. The van der Waals surface area contributed by atoms with E-state index in [2.05, 4.69) is 9.71 Å². The number of aliphatic hydroxyl groups excluding tert-OH is 1. The average molecular weight is 596 g/mol. The number of sulfonamides is 1. The van der Waals surface area contributed by atoms with E-state index in [1.54, 1.807) is 17.0 Å². The Kier molecular flexibility index (Phi) is 4.39. The molecule has 2 N–H and O–H groups in total. The van der Waals surface area contributed by atoms with Crippen molar-refractivity contribution in [2.75, 3.05) is 11.6 Å². The van der Waals surface area contributed by atoms with Gasteiger partial charge in [-0.3, -0.25) is 4.79 Å². The highest BCUT2D eigenvalue weighted by Gasteiger charge is 2.92. The molecule has 6 aliphatic carbocycles. The predicted molar refractivity (Wildman–Crippen MR) is 145 cm³/mol. The topological polar surface area (TPSA) is 133 Å². The first-order valence-electron chi connectivity index (χ1n) is 13.9. The molecule has 0 saturated heterocycles. The number of benzene rings is 2. The van der Waals surface area contributed by atoms with Crippen LogP contribution in [0.25, 0.3) is 0 Å². The second-order valence-corrected chi connectivity index (χ2v) is 16.6. The van der Waals surface area contributed by atoms with Crippen molar-refractivity contribution >= 4 is 37.3 Å². The van der Waals surface area contributed by atoms with Crippen LogP contribution in [-0.2, 0) is 37.0 Å². The fraction of sp³-hybridized carbons (Fsp3) is 0.448. The number of nitrogens with one attached hydrogen (secondary N) is 1. The van der Waals surface area contributed by atoms with Crippen LogP contribution in [0.5, 0.6) is 0 Å². The van der Waals surface area contributed by atoms with Gasteiger partial charge in [-0.2, -0.15) is 8.42 Å². The highest BCUT2D eigenvalue weighted by atomic mass is 32.2.